The average molecular weight is 356 g/mol. The number of nitrogens with zero attached hydrogens (tertiary/aromatic N) is 3. The van der Waals surface area contributed by atoms with E-state index >= 15 is 0 Å². The van der Waals surface area contributed by atoms with Gasteiger partial charge in [-0.3, -0.25) is 13.9 Å². The van der Waals surface area contributed by atoms with Gasteiger partial charge in [0.05, 0.1) is 0 Å². The van der Waals surface area contributed by atoms with Crippen molar-refractivity contribution in [2.75, 3.05) is 0 Å². The Morgan fingerprint density at radius 1 is 1.15 bits per heavy atom. The van der Waals surface area contributed by atoms with Gasteiger partial charge in [-0.2, -0.15) is 0 Å². The van der Waals surface area contributed by atoms with Gasteiger partial charge in [0.25, 0.3) is 5.56 Å². The van der Waals surface area contributed by atoms with Gasteiger partial charge in [0.1, 0.15) is 11.3 Å². The van der Waals surface area contributed by atoms with Crippen molar-refractivity contribution >= 4 is 11.2 Å². The minimum absolute atomic E-state index is 0.139. The summed E-state index contributed by atoms with van der Waals surface area (Å²) in [5.41, 5.74) is 0.828. The molecule has 26 heavy (non-hydrogen) atoms. The third kappa shape index (κ3) is 2.20. The molecule has 3 aliphatic carbocycles. The lowest BCUT2D eigenvalue weighted by atomic mass is 9.65. The van der Waals surface area contributed by atoms with E-state index in [-0.39, 0.29) is 16.7 Å². The third-order valence-electron chi connectivity index (χ3n) is 6.84. The largest absolute Gasteiger partial charge is 0.336 e. The van der Waals surface area contributed by atoms with Gasteiger partial charge in [0, 0.05) is 18.5 Å². The first-order valence-corrected chi connectivity index (χ1v) is 10.3. The van der Waals surface area contributed by atoms with Crippen LogP contribution in [0.3, 0.4) is 0 Å². The summed E-state index contributed by atoms with van der Waals surface area (Å²) in [5.74, 6) is 3.43. The number of nitrogens with one attached hydrogen (secondary N) is 1. The Labute approximate surface area is 152 Å². The molecule has 2 aromatic heterocycles. The Morgan fingerprint density at radius 3 is 2.46 bits per heavy atom. The Kier molecular flexibility index (Phi) is 3.50. The number of hydrogen-bond donors (Lipinski definition) is 1. The van der Waals surface area contributed by atoms with Crippen LogP contribution in [0.15, 0.2) is 9.59 Å². The molecule has 2 heterocycles. The van der Waals surface area contributed by atoms with Crippen LogP contribution in [0, 0.1) is 17.8 Å². The Balaban J connectivity index is 1.69. The summed E-state index contributed by atoms with van der Waals surface area (Å²) in [6, 6.07) is 0. The number of hydrogen-bond acceptors (Lipinski definition) is 3. The van der Waals surface area contributed by atoms with Crippen LogP contribution in [0.5, 0.6) is 0 Å². The number of fused-ring (bicyclic) bond motifs is 2. The number of aryl methyl sites for hydroxylation is 1. The van der Waals surface area contributed by atoms with E-state index < -0.39 is 0 Å². The van der Waals surface area contributed by atoms with Gasteiger partial charge in [-0.1, -0.05) is 26.7 Å². The zero-order valence-corrected chi connectivity index (χ0v) is 15.8. The lowest BCUT2D eigenvalue weighted by Crippen LogP contribution is -2.40. The predicted octanol–water partition coefficient (Wildman–Crippen LogP) is 2.78. The highest BCUT2D eigenvalue weighted by atomic mass is 16.2. The number of aromatic nitrogens is 4. The summed E-state index contributed by atoms with van der Waals surface area (Å²) in [7, 11) is 0. The SMILES string of the molecule is CCCn1c(=O)c2[nH]c(C3(CC4CC4)CC4CC43)nc2n(CCC)c1=O. The second-order valence-electron chi connectivity index (χ2n) is 8.79. The van der Waals surface area contributed by atoms with E-state index in [9.17, 15) is 9.59 Å². The lowest BCUT2D eigenvalue weighted by molar-refractivity contribution is 0.181. The molecule has 2 aromatic rings. The second kappa shape index (κ2) is 5.57. The summed E-state index contributed by atoms with van der Waals surface area (Å²) in [6.45, 7) is 5.11. The third-order valence-corrected chi connectivity index (χ3v) is 6.84. The van der Waals surface area contributed by atoms with Gasteiger partial charge >= 0.3 is 5.69 Å². The molecule has 0 radical (unpaired) electrons. The quantitative estimate of drug-likeness (QED) is 0.829. The zero-order valence-electron chi connectivity index (χ0n) is 15.8. The topological polar surface area (TPSA) is 72.7 Å². The van der Waals surface area contributed by atoms with Gasteiger partial charge in [0.2, 0.25) is 0 Å². The summed E-state index contributed by atoms with van der Waals surface area (Å²) in [5, 5.41) is 0. The van der Waals surface area contributed by atoms with Crippen molar-refractivity contribution in [2.24, 2.45) is 17.8 Å². The smallest absolute Gasteiger partial charge is 0.332 e. The molecule has 0 saturated heterocycles. The fraction of sp³-hybridized carbons (Fsp3) is 0.750. The molecule has 140 valence electrons. The predicted molar refractivity (Wildman–Crippen MR) is 100 cm³/mol. The molecule has 3 unspecified atom stereocenters. The number of imidazole rings is 1. The number of H-pyrrole nitrogens is 1. The summed E-state index contributed by atoms with van der Waals surface area (Å²) >= 11 is 0. The minimum atomic E-state index is -0.210. The Hall–Kier alpha value is -1.85. The molecule has 3 fully saturated rings. The number of aromatic amines is 1. The van der Waals surface area contributed by atoms with Crippen molar-refractivity contribution in [2.45, 2.75) is 77.3 Å². The van der Waals surface area contributed by atoms with E-state index in [1.54, 1.807) is 4.57 Å². The molecular formula is C20H28N4O2. The molecule has 6 nitrogen and oxygen atoms in total. The summed E-state index contributed by atoms with van der Waals surface area (Å²) in [4.78, 5) is 34.1. The molecule has 6 heteroatoms. The molecule has 0 amide bonds. The fourth-order valence-electron chi connectivity index (χ4n) is 5.30. The van der Waals surface area contributed by atoms with E-state index in [1.807, 2.05) is 6.92 Å². The maximum absolute atomic E-state index is 12.9. The first-order chi connectivity index (χ1) is 12.6. The van der Waals surface area contributed by atoms with Crippen molar-refractivity contribution in [3.63, 3.8) is 0 Å². The summed E-state index contributed by atoms with van der Waals surface area (Å²) < 4.78 is 3.09. The highest BCUT2D eigenvalue weighted by molar-refractivity contribution is 5.70. The van der Waals surface area contributed by atoms with E-state index in [1.165, 1.54) is 36.7 Å². The van der Waals surface area contributed by atoms with Crippen LogP contribution in [0.1, 0.15) is 64.6 Å². The van der Waals surface area contributed by atoms with E-state index in [0.29, 0.717) is 24.3 Å². The molecule has 0 aromatic carbocycles. The van der Waals surface area contributed by atoms with Crippen molar-refractivity contribution < 1.29 is 0 Å². The Bertz CT molecular complexity index is 980. The zero-order chi connectivity index (χ0) is 18.1. The van der Waals surface area contributed by atoms with Gasteiger partial charge in [0.15, 0.2) is 5.65 Å². The number of rotatable bonds is 7. The normalized spacial score (nSPS) is 29.6. The fourth-order valence-corrected chi connectivity index (χ4v) is 5.30. The van der Waals surface area contributed by atoms with E-state index in [0.717, 1.165) is 36.4 Å². The first kappa shape index (κ1) is 16.3. The monoisotopic (exact) mass is 356 g/mol. The summed E-state index contributed by atoms with van der Waals surface area (Å²) in [6.07, 6.45) is 8.00. The highest BCUT2D eigenvalue weighted by Crippen LogP contribution is 2.70. The standard InChI is InChI=1S/C20H28N4O2/c1-3-7-23-16-15(17(25)24(8-4-2)19(23)26)21-18(22-16)20(10-12-5-6-12)11-13-9-14(13)20/h12-14H,3-11H2,1-2H3,(H,21,22). The molecule has 5 rings (SSSR count). The molecule has 1 N–H and O–H groups in total. The van der Waals surface area contributed by atoms with Crippen molar-refractivity contribution in [1.82, 2.24) is 19.1 Å². The highest BCUT2D eigenvalue weighted by Gasteiger charge is 2.66. The molecule has 0 spiro atoms. The maximum Gasteiger partial charge on any atom is 0.332 e. The van der Waals surface area contributed by atoms with E-state index in [4.69, 9.17) is 4.98 Å². The van der Waals surface area contributed by atoms with Crippen LogP contribution in [-0.4, -0.2) is 19.1 Å². The molecular weight excluding hydrogens is 328 g/mol. The van der Waals surface area contributed by atoms with E-state index in [2.05, 4.69) is 11.9 Å². The van der Waals surface area contributed by atoms with Crippen molar-refractivity contribution in [1.29, 1.82) is 0 Å². The molecule has 0 aliphatic heterocycles. The van der Waals surface area contributed by atoms with Crippen LogP contribution in [0.25, 0.3) is 11.2 Å². The minimum Gasteiger partial charge on any atom is -0.336 e. The second-order valence-corrected chi connectivity index (χ2v) is 8.79. The van der Waals surface area contributed by atoms with Crippen molar-refractivity contribution in [3.8, 4) is 0 Å². The van der Waals surface area contributed by atoms with Crippen LogP contribution < -0.4 is 11.2 Å². The van der Waals surface area contributed by atoms with Gasteiger partial charge < -0.3 is 4.98 Å². The van der Waals surface area contributed by atoms with Crippen LogP contribution in [0.4, 0.5) is 0 Å². The molecule has 0 bridgehead atoms. The average Bonchev–Trinajstić information content (AvgIpc) is 3.50. The Morgan fingerprint density at radius 2 is 1.88 bits per heavy atom. The van der Waals surface area contributed by atoms with Gasteiger partial charge in [-0.25, -0.2) is 9.78 Å². The van der Waals surface area contributed by atoms with Crippen LogP contribution >= 0.6 is 0 Å². The lowest BCUT2D eigenvalue weighted by Gasteiger charge is -2.40. The molecule has 3 aliphatic rings. The molecule has 3 atom stereocenters. The van der Waals surface area contributed by atoms with Crippen LogP contribution in [-0.2, 0) is 18.5 Å². The maximum atomic E-state index is 12.9. The van der Waals surface area contributed by atoms with Gasteiger partial charge in [-0.05, 0) is 49.9 Å². The van der Waals surface area contributed by atoms with Crippen molar-refractivity contribution in [3.05, 3.63) is 26.7 Å². The molecule has 3 saturated carbocycles. The van der Waals surface area contributed by atoms with Crippen LogP contribution in [0.2, 0.25) is 0 Å². The first-order valence-electron chi connectivity index (χ1n) is 10.3. The van der Waals surface area contributed by atoms with Gasteiger partial charge in [-0.15, -0.1) is 0 Å².